The molecule has 0 aliphatic rings. The second-order valence-corrected chi connectivity index (χ2v) is 9.20. The molecule has 200 valence electrons. The number of aromatic nitrogens is 5. The molecule has 8 nitrogen and oxygen atoms in total. The van der Waals surface area contributed by atoms with Crippen molar-refractivity contribution in [2.24, 2.45) is 0 Å². The van der Waals surface area contributed by atoms with Crippen molar-refractivity contribution in [2.45, 2.75) is 33.5 Å². The molecule has 0 radical (unpaired) electrons. The molecule has 0 fully saturated rings. The zero-order chi connectivity index (χ0) is 27.9. The van der Waals surface area contributed by atoms with Gasteiger partial charge < -0.3 is 10.1 Å². The van der Waals surface area contributed by atoms with Gasteiger partial charge in [-0.05, 0) is 56.7 Å². The number of benzene rings is 2. The molecule has 3 aromatic heterocycles. The second kappa shape index (κ2) is 9.90. The molecular formula is C28H25F3N6O2. The number of rotatable bonds is 6. The molecule has 0 saturated heterocycles. The van der Waals surface area contributed by atoms with E-state index in [1.165, 1.54) is 13.2 Å². The van der Waals surface area contributed by atoms with Crippen LogP contribution >= 0.6 is 0 Å². The normalized spacial score (nSPS) is 11.7. The molecule has 5 aromatic rings. The number of hydrogen-bond donors (Lipinski definition) is 1. The van der Waals surface area contributed by atoms with Crippen LogP contribution in [0.4, 0.5) is 18.9 Å². The van der Waals surface area contributed by atoms with Crippen molar-refractivity contribution in [1.82, 2.24) is 24.4 Å². The zero-order valence-electron chi connectivity index (χ0n) is 21.7. The number of amides is 1. The van der Waals surface area contributed by atoms with E-state index < -0.39 is 17.8 Å². The number of nitrogens with one attached hydrogen (secondary N) is 1. The monoisotopic (exact) mass is 534 g/mol. The summed E-state index contributed by atoms with van der Waals surface area (Å²) in [6, 6.07) is 16.7. The third kappa shape index (κ3) is 5.20. The molecule has 39 heavy (non-hydrogen) atoms. The Kier molecular flexibility index (Phi) is 6.59. The molecule has 5 rings (SSSR count). The van der Waals surface area contributed by atoms with Gasteiger partial charge in [0.2, 0.25) is 0 Å². The molecule has 0 aliphatic heterocycles. The first-order valence-corrected chi connectivity index (χ1v) is 12.1. The van der Waals surface area contributed by atoms with Gasteiger partial charge >= 0.3 is 6.18 Å². The van der Waals surface area contributed by atoms with Crippen molar-refractivity contribution >= 4 is 17.2 Å². The minimum atomic E-state index is -4.73. The Morgan fingerprint density at radius 3 is 2.31 bits per heavy atom. The zero-order valence-corrected chi connectivity index (χ0v) is 21.7. The lowest BCUT2D eigenvalue weighted by Crippen LogP contribution is -2.16. The maximum atomic E-state index is 14.0. The molecule has 1 N–H and O–H groups in total. The van der Waals surface area contributed by atoms with Gasteiger partial charge in [-0.1, -0.05) is 29.8 Å². The van der Waals surface area contributed by atoms with Gasteiger partial charge in [-0.25, -0.2) is 9.50 Å². The molecular weight excluding hydrogens is 509 g/mol. The number of ether oxygens (including phenoxy) is 1. The summed E-state index contributed by atoms with van der Waals surface area (Å²) < 4.78 is 49.5. The first-order chi connectivity index (χ1) is 18.5. The van der Waals surface area contributed by atoms with Crippen molar-refractivity contribution < 1.29 is 22.7 Å². The maximum absolute atomic E-state index is 14.0. The number of fused-ring (bicyclic) bond motifs is 1. The van der Waals surface area contributed by atoms with Crippen LogP contribution < -0.4 is 10.1 Å². The fourth-order valence-electron chi connectivity index (χ4n) is 4.27. The molecule has 0 spiro atoms. The summed E-state index contributed by atoms with van der Waals surface area (Å²) in [5.41, 5.74) is 3.15. The molecule has 2 aromatic carbocycles. The summed E-state index contributed by atoms with van der Waals surface area (Å²) in [4.78, 5) is 17.5. The van der Waals surface area contributed by atoms with Crippen molar-refractivity contribution in [2.75, 3.05) is 12.4 Å². The lowest BCUT2D eigenvalue weighted by molar-refractivity contribution is -0.142. The number of aryl methyl sites for hydroxylation is 2. The van der Waals surface area contributed by atoms with Crippen LogP contribution in [0, 0.1) is 20.8 Å². The summed E-state index contributed by atoms with van der Waals surface area (Å²) in [5, 5.41) is 11.2. The van der Waals surface area contributed by atoms with Crippen LogP contribution in [0.25, 0.3) is 16.9 Å². The lowest BCUT2D eigenvalue weighted by Gasteiger charge is -2.11. The summed E-state index contributed by atoms with van der Waals surface area (Å²) in [5.74, 6) is -0.104. The van der Waals surface area contributed by atoms with Crippen LogP contribution in [0.2, 0.25) is 0 Å². The largest absolute Gasteiger partial charge is 0.497 e. The Balaban J connectivity index is 1.47. The van der Waals surface area contributed by atoms with Crippen molar-refractivity contribution in [3.05, 3.63) is 94.6 Å². The number of halogens is 3. The summed E-state index contributed by atoms with van der Waals surface area (Å²) in [6.45, 7) is 6.08. The molecule has 0 atom stereocenters. The van der Waals surface area contributed by atoms with E-state index in [9.17, 15) is 18.0 Å². The van der Waals surface area contributed by atoms with Gasteiger partial charge in [0, 0.05) is 11.6 Å². The van der Waals surface area contributed by atoms with E-state index >= 15 is 0 Å². The highest BCUT2D eigenvalue weighted by Gasteiger charge is 2.35. The van der Waals surface area contributed by atoms with E-state index in [2.05, 4.69) is 20.5 Å². The Bertz CT molecular complexity index is 1670. The molecule has 0 aliphatic carbocycles. The lowest BCUT2D eigenvalue weighted by atomic mass is 10.1. The van der Waals surface area contributed by atoms with E-state index in [4.69, 9.17) is 4.74 Å². The highest BCUT2D eigenvalue weighted by atomic mass is 19.4. The number of alkyl halides is 3. The molecule has 0 unspecified atom stereocenters. The van der Waals surface area contributed by atoms with Gasteiger partial charge in [0.25, 0.3) is 5.91 Å². The van der Waals surface area contributed by atoms with E-state index in [1.54, 1.807) is 35.9 Å². The van der Waals surface area contributed by atoms with E-state index in [0.717, 1.165) is 17.2 Å². The topological polar surface area (TPSA) is 86.3 Å². The predicted molar refractivity (Wildman–Crippen MR) is 140 cm³/mol. The average Bonchev–Trinajstić information content (AvgIpc) is 3.45. The maximum Gasteiger partial charge on any atom is 0.433 e. The van der Waals surface area contributed by atoms with E-state index in [1.807, 2.05) is 38.1 Å². The number of anilines is 1. The fraction of sp³-hybridized carbons (Fsp3) is 0.214. The molecule has 1 amide bonds. The smallest absolute Gasteiger partial charge is 0.433 e. The Labute approximate surface area is 222 Å². The van der Waals surface area contributed by atoms with Crippen LogP contribution in [0.15, 0.2) is 60.7 Å². The highest BCUT2D eigenvalue weighted by Crippen LogP contribution is 2.33. The van der Waals surface area contributed by atoms with Crippen molar-refractivity contribution in [1.29, 1.82) is 0 Å². The predicted octanol–water partition coefficient (Wildman–Crippen LogP) is 5.85. The number of carbonyl (C=O) groups is 1. The van der Waals surface area contributed by atoms with Gasteiger partial charge in [-0.15, -0.1) is 0 Å². The Morgan fingerprint density at radius 2 is 1.67 bits per heavy atom. The SMILES string of the molecule is COc1ccc(-c2cc(C(F)(F)F)n3nc(C(=O)Nc4c(C)nn(Cc5ccc(C)cc5)c4C)cc3n2)cc1. The summed E-state index contributed by atoms with van der Waals surface area (Å²) >= 11 is 0. The van der Waals surface area contributed by atoms with Gasteiger partial charge in [0.1, 0.15) is 5.75 Å². The number of hydrogen-bond acceptors (Lipinski definition) is 5. The van der Waals surface area contributed by atoms with Crippen molar-refractivity contribution in [3.8, 4) is 17.0 Å². The van der Waals surface area contributed by atoms with Crippen LogP contribution in [0.1, 0.15) is 38.7 Å². The molecule has 0 bridgehead atoms. The van der Waals surface area contributed by atoms with Crippen LogP contribution in [-0.2, 0) is 12.7 Å². The Hall–Kier alpha value is -4.67. The van der Waals surface area contributed by atoms with E-state index in [0.29, 0.717) is 39.4 Å². The van der Waals surface area contributed by atoms with Gasteiger partial charge in [0.15, 0.2) is 17.0 Å². The fourth-order valence-corrected chi connectivity index (χ4v) is 4.27. The highest BCUT2D eigenvalue weighted by molar-refractivity contribution is 6.04. The minimum absolute atomic E-state index is 0.0911. The third-order valence-corrected chi connectivity index (χ3v) is 6.41. The molecule has 0 saturated carbocycles. The first kappa shape index (κ1) is 26.0. The number of carbonyl (C=O) groups excluding carboxylic acids is 1. The third-order valence-electron chi connectivity index (χ3n) is 6.41. The Morgan fingerprint density at radius 1 is 0.974 bits per heavy atom. The minimum Gasteiger partial charge on any atom is -0.497 e. The van der Waals surface area contributed by atoms with Crippen LogP contribution in [0.5, 0.6) is 5.75 Å². The van der Waals surface area contributed by atoms with Crippen LogP contribution in [-0.4, -0.2) is 37.4 Å². The van der Waals surface area contributed by atoms with Crippen molar-refractivity contribution in [3.63, 3.8) is 0 Å². The number of nitrogens with zero attached hydrogens (tertiary/aromatic N) is 5. The molecule has 3 heterocycles. The van der Waals surface area contributed by atoms with E-state index in [-0.39, 0.29) is 17.0 Å². The average molecular weight is 535 g/mol. The van der Waals surface area contributed by atoms with Gasteiger partial charge in [0.05, 0.1) is 36.4 Å². The quantitative estimate of drug-likeness (QED) is 0.296. The van der Waals surface area contributed by atoms with Crippen LogP contribution in [0.3, 0.4) is 0 Å². The molecule has 11 heteroatoms. The number of methoxy groups -OCH3 is 1. The van der Waals surface area contributed by atoms with Gasteiger partial charge in [-0.2, -0.15) is 23.4 Å². The summed E-state index contributed by atoms with van der Waals surface area (Å²) in [7, 11) is 1.50. The standard InChI is InChI=1S/C28H25F3N6O2/c1-16-5-7-19(8-6-16)15-36-18(3)26(17(2)34-36)33-27(38)23-14-25-32-22(20-9-11-21(39-4)12-10-20)13-24(28(29,30)31)37(25)35-23/h5-14H,15H2,1-4H3,(H,33,38). The summed E-state index contributed by atoms with van der Waals surface area (Å²) in [6.07, 6.45) is -4.73. The van der Waals surface area contributed by atoms with Gasteiger partial charge in [-0.3, -0.25) is 9.48 Å². The first-order valence-electron chi connectivity index (χ1n) is 12.1. The second-order valence-electron chi connectivity index (χ2n) is 9.20.